The van der Waals surface area contributed by atoms with Gasteiger partial charge in [0.1, 0.15) is 24.3 Å². The number of halogens is 1. The fourth-order valence-electron chi connectivity index (χ4n) is 1.16. The van der Waals surface area contributed by atoms with Crippen molar-refractivity contribution in [2.45, 2.75) is 26.4 Å². The largest absolute Gasteiger partial charge is 0.487 e. The molecule has 0 radical (unpaired) electrons. The molecule has 1 atom stereocenters. The second-order valence-electron chi connectivity index (χ2n) is 3.65. The van der Waals surface area contributed by atoms with E-state index in [4.69, 9.17) is 15.2 Å². The minimum absolute atomic E-state index is 0.0717. The van der Waals surface area contributed by atoms with Gasteiger partial charge in [0.2, 0.25) is 0 Å². The van der Waals surface area contributed by atoms with Crippen LogP contribution in [0.5, 0.6) is 5.75 Å². The Bertz CT molecular complexity index is 395. The second kappa shape index (κ2) is 6.08. The monoisotopic (exact) mass is 241 g/mol. The first-order valence-electron chi connectivity index (χ1n) is 5.40. The second-order valence-corrected chi connectivity index (χ2v) is 3.65. The summed E-state index contributed by atoms with van der Waals surface area (Å²) in [6, 6.07) is 4.19. The van der Waals surface area contributed by atoms with Crippen molar-refractivity contribution in [3.63, 3.8) is 0 Å². The van der Waals surface area contributed by atoms with Crippen LogP contribution in [0.15, 0.2) is 18.2 Å². The summed E-state index contributed by atoms with van der Waals surface area (Å²) >= 11 is 0. The number of ether oxygens (including phenoxy) is 2. The molecule has 0 saturated carbocycles. The number of hydrogen-bond acceptors (Lipinski definition) is 4. The van der Waals surface area contributed by atoms with Crippen molar-refractivity contribution in [2.24, 2.45) is 0 Å². The predicted molar refractivity (Wildman–Crippen MR) is 62.2 cm³/mol. The molecule has 1 unspecified atom stereocenters. The zero-order valence-electron chi connectivity index (χ0n) is 9.90. The van der Waals surface area contributed by atoms with Gasteiger partial charge in [-0.25, -0.2) is 4.39 Å². The summed E-state index contributed by atoms with van der Waals surface area (Å²) in [5.74, 6) is -0.457. The Morgan fingerprint density at radius 1 is 1.53 bits per heavy atom. The Kier molecular flexibility index (Phi) is 4.75. The summed E-state index contributed by atoms with van der Waals surface area (Å²) in [5.41, 5.74) is 5.41. The van der Waals surface area contributed by atoms with Gasteiger partial charge in [0.15, 0.2) is 0 Å². The van der Waals surface area contributed by atoms with Crippen molar-refractivity contribution >= 4 is 11.7 Å². The highest BCUT2D eigenvalue weighted by atomic mass is 19.1. The maximum Gasteiger partial charge on any atom is 0.305 e. The van der Waals surface area contributed by atoms with E-state index in [9.17, 15) is 9.18 Å². The molecule has 94 valence electrons. The first kappa shape index (κ1) is 13.3. The van der Waals surface area contributed by atoms with Gasteiger partial charge in [-0.3, -0.25) is 4.79 Å². The highest BCUT2D eigenvalue weighted by Crippen LogP contribution is 2.19. The third-order valence-corrected chi connectivity index (χ3v) is 2.08. The molecule has 17 heavy (non-hydrogen) atoms. The summed E-state index contributed by atoms with van der Waals surface area (Å²) in [6.45, 7) is 3.58. The summed E-state index contributed by atoms with van der Waals surface area (Å²) in [5, 5.41) is 0. The number of esters is 1. The minimum Gasteiger partial charge on any atom is -0.487 e. The Morgan fingerprint density at radius 3 is 2.82 bits per heavy atom. The van der Waals surface area contributed by atoms with Crippen LogP contribution in [0.3, 0.4) is 0 Å². The highest BCUT2D eigenvalue weighted by molar-refractivity contribution is 5.68. The summed E-state index contributed by atoms with van der Waals surface area (Å²) in [6.07, 6.45) is -0.0167. The lowest BCUT2D eigenvalue weighted by atomic mass is 10.3. The zero-order chi connectivity index (χ0) is 12.8. The van der Waals surface area contributed by atoms with Gasteiger partial charge in [-0.1, -0.05) is 6.92 Å². The fourth-order valence-corrected chi connectivity index (χ4v) is 1.16. The van der Waals surface area contributed by atoms with Crippen LogP contribution in [0.1, 0.15) is 20.3 Å². The van der Waals surface area contributed by atoms with E-state index in [0.29, 0.717) is 12.2 Å². The van der Waals surface area contributed by atoms with Crippen LogP contribution in [-0.4, -0.2) is 18.7 Å². The standard InChI is InChI=1S/C12H16FNO3/c1-3-12(15)16-7-8(2)17-9-4-5-11(14)10(13)6-9/h4-6,8H,3,7,14H2,1-2H3. The van der Waals surface area contributed by atoms with Crippen molar-refractivity contribution in [1.82, 2.24) is 0 Å². The maximum atomic E-state index is 13.1. The van der Waals surface area contributed by atoms with Crippen LogP contribution in [0.25, 0.3) is 0 Å². The number of rotatable bonds is 5. The summed E-state index contributed by atoms with van der Waals surface area (Å²) in [7, 11) is 0. The number of benzene rings is 1. The molecular formula is C12H16FNO3. The van der Waals surface area contributed by atoms with E-state index >= 15 is 0 Å². The molecule has 0 aliphatic heterocycles. The molecule has 0 aliphatic rings. The van der Waals surface area contributed by atoms with Crippen LogP contribution < -0.4 is 10.5 Å². The summed E-state index contributed by atoms with van der Waals surface area (Å²) in [4.78, 5) is 10.9. The van der Waals surface area contributed by atoms with E-state index in [1.807, 2.05) is 0 Å². The third kappa shape index (κ3) is 4.30. The average Bonchev–Trinajstić information content (AvgIpc) is 2.31. The van der Waals surface area contributed by atoms with Crippen LogP contribution in [0.2, 0.25) is 0 Å². The Labute approximate surface area is 99.5 Å². The fraction of sp³-hybridized carbons (Fsp3) is 0.417. The zero-order valence-corrected chi connectivity index (χ0v) is 9.90. The molecule has 0 fully saturated rings. The van der Waals surface area contributed by atoms with Gasteiger partial charge in [0.25, 0.3) is 0 Å². The number of nitrogen functional groups attached to an aromatic ring is 1. The molecule has 1 aromatic rings. The smallest absolute Gasteiger partial charge is 0.305 e. The van der Waals surface area contributed by atoms with Crippen LogP contribution in [-0.2, 0) is 9.53 Å². The Hall–Kier alpha value is -1.78. The SMILES string of the molecule is CCC(=O)OCC(C)Oc1ccc(N)c(F)c1. The van der Waals surface area contributed by atoms with Gasteiger partial charge in [-0.05, 0) is 19.1 Å². The van der Waals surface area contributed by atoms with E-state index < -0.39 is 5.82 Å². The molecule has 0 amide bonds. The lowest BCUT2D eigenvalue weighted by molar-refractivity contribution is -0.145. The van der Waals surface area contributed by atoms with Crippen molar-refractivity contribution in [3.05, 3.63) is 24.0 Å². The molecule has 0 spiro atoms. The van der Waals surface area contributed by atoms with E-state index in [0.717, 1.165) is 0 Å². The van der Waals surface area contributed by atoms with Crippen molar-refractivity contribution in [2.75, 3.05) is 12.3 Å². The van der Waals surface area contributed by atoms with E-state index in [2.05, 4.69) is 0 Å². The molecule has 0 aromatic heterocycles. The molecule has 2 N–H and O–H groups in total. The van der Waals surface area contributed by atoms with Gasteiger partial charge >= 0.3 is 5.97 Å². The van der Waals surface area contributed by atoms with Crippen LogP contribution in [0, 0.1) is 5.82 Å². The van der Waals surface area contributed by atoms with E-state index in [1.165, 1.54) is 12.1 Å². The molecule has 0 heterocycles. The van der Waals surface area contributed by atoms with Crippen LogP contribution in [0.4, 0.5) is 10.1 Å². The normalized spacial score (nSPS) is 11.9. The van der Waals surface area contributed by atoms with Gasteiger partial charge in [-0.15, -0.1) is 0 Å². The van der Waals surface area contributed by atoms with Gasteiger partial charge in [0.05, 0.1) is 5.69 Å². The first-order chi connectivity index (χ1) is 8.02. The van der Waals surface area contributed by atoms with Gasteiger partial charge in [-0.2, -0.15) is 0 Å². The third-order valence-electron chi connectivity index (χ3n) is 2.08. The number of carbonyl (C=O) groups excluding carboxylic acids is 1. The first-order valence-corrected chi connectivity index (χ1v) is 5.40. The Morgan fingerprint density at radius 2 is 2.24 bits per heavy atom. The van der Waals surface area contributed by atoms with E-state index in [1.54, 1.807) is 19.9 Å². The van der Waals surface area contributed by atoms with Crippen LogP contribution >= 0.6 is 0 Å². The van der Waals surface area contributed by atoms with Gasteiger partial charge < -0.3 is 15.2 Å². The molecule has 4 nitrogen and oxygen atoms in total. The Balaban J connectivity index is 2.47. The number of anilines is 1. The number of carbonyl (C=O) groups is 1. The van der Waals surface area contributed by atoms with Crippen molar-refractivity contribution in [3.8, 4) is 5.75 Å². The topological polar surface area (TPSA) is 61.5 Å². The van der Waals surface area contributed by atoms with Gasteiger partial charge in [0, 0.05) is 12.5 Å². The number of hydrogen-bond donors (Lipinski definition) is 1. The van der Waals surface area contributed by atoms with Crippen molar-refractivity contribution < 1.29 is 18.7 Å². The van der Waals surface area contributed by atoms with Crippen molar-refractivity contribution in [1.29, 1.82) is 0 Å². The highest BCUT2D eigenvalue weighted by Gasteiger charge is 2.08. The van der Waals surface area contributed by atoms with E-state index in [-0.39, 0.29) is 24.4 Å². The number of nitrogens with two attached hydrogens (primary N) is 1. The lowest BCUT2D eigenvalue weighted by Crippen LogP contribution is -2.21. The molecule has 1 rings (SSSR count). The quantitative estimate of drug-likeness (QED) is 0.633. The maximum absolute atomic E-state index is 13.1. The predicted octanol–water partition coefficient (Wildman–Crippen LogP) is 2.13. The molecule has 5 heteroatoms. The minimum atomic E-state index is -0.528. The molecule has 0 saturated heterocycles. The molecule has 0 bridgehead atoms. The molecule has 1 aromatic carbocycles. The molecule has 0 aliphatic carbocycles. The summed E-state index contributed by atoms with van der Waals surface area (Å²) < 4.78 is 23.4. The molecular weight excluding hydrogens is 225 g/mol. The lowest BCUT2D eigenvalue weighted by Gasteiger charge is -2.14. The average molecular weight is 241 g/mol.